The van der Waals surface area contributed by atoms with Gasteiger partial charge in [-0.3, -0.25) is 8.98 Å². The Morgan fingerprint density at radius 3 is 2.58 bits per heavy atom. The molecule has 2 heterocycles. The monoisotopic (exact) mass is 458 g/mol. The zero-order chi connectivity index (χ0) is 22.1. The van der Waals surface area contributed by atoms with E-state index >= 15 is 0 Å². The van der Waals surface area contributed by atoms with Crippen LogP contribution < -0.4 is 34.5 Å². The fraction of sp³-hybridized carbons (Fsp3) is 0.263. The third kappa shape index (κ3) is 6.04. The maximum atomic E-state index is 13.0. The number of anilines is 1. The van der Waals surface area contributed by atoms with Crippen LogP contribution >= 0.6 is 0 Å². The van der Waals surface area contributed by atoms with E-state index in [1.54, 1.807) is 30.3 Å². The number of aryl methyl sites for hydroxylation is 2. The largest absolute Gasteiger partial charge is 1.00 e. The Morgan fingerprint density at radius 2 is 1.97 bits per heavy atom. The minimum atomic E-state index is -4.99. The summed E-state index contributed by atoms with van der Waals surface area (Å²) in [5, 5.41) is 9.62. The number of carbonyl (C=O) groups is 2. The van der Waals surface area contributed by atoms with E-state index in [0.29, 0.717) is 11.3 Å². The molecule has 0 fully saturated rings. The van der Waals surface area contributed by atoms with E-state index in [2.05, 4.69) is 9.17 Å². The smallest absolute Gasteiger partial charge is 0.726 e. The van der Waals surface area contributed by atoms with Crippen molar-refractivity contribution in [2.24, 2.45) is 0 Å². The molecule has 2 amide bonds. The summed E-state index contributed by atoms with van der Waals surface area (Å²) in [6.45, 7) is 2.23. The van der Waals surface area contributed by atoms with Crippen molar-refractivity contribution in [3.05, 3.63) is 52.8 Å². The normalized spacial score (nSPS) is 15.5. The summed E-state index contributed by atoms with van der Waals surface area (Å²) in [4.78, 5) is 29.4. The average Bonchev–Trinajstić information content (AvgIpc) is 3.13. The minimum Gasteiger partial charge on any atom is -0.726 e. The minimum absolute atomic E-state index is 0. The summed E-state index contributed by atoms with van der Waals surface area (Å²) in [6, 6.07) is 8.58. The van der Waals surface area contributed by atoms with Gasteiger partial charge in [-0.05, 0) is 37.6 Å². The zero-order valence-electron chi connectivity index (χ0n) is 17.1. The predicted octanol–water partition coefficient (Wildman–Crippen LogP) is -1.50. The van der Waals surface area contributed by atoms with Crippen LogP contribution in [0.4, 0.5) is 10.5 Å². The van der Waals surface area contributed by atoms with Crippen molar-refractivity contribution >= 4 is 39.7 Å². The van der Waals surface area contributed by atoms with Gasteiger partial charge in [-0.25, -0.2) is 18.1 Å². The molecule has 1 atom stereocenters. The van der Waals surface area contributed by atoms with Crippen molar-refractivity contribution in [3.63, 3.8) is 0 Å². The van der Waals surface area contributed by atoms with Crippen molar-refractivity contribution in [2.75, 3.05) is 18.1 Å². The molecule has 12 heteroatoms. The molecule has 0 saturated carbocycles. The van der Waals surface area contributed by atoms with Gasteiger partial charge in [0.1, 0.15) is 12.7 Å². The fourth-order valence-corrected chi connectivity index (χ4v) is 3.37. The number of rotatable bonds is 6. The van der Waals surface area contributed by atoms with Gasteiger partial charge >= 0.3 is 35.7 Å². The molecular weight excluding hydrogens is 439 g/mol. The van der Waals surface area contributed by atoms with E-state index in [1.807, 2.05) is 19.9 Å². The molecule has 0 bridgehead atoms. The number of benzene rings is 1. The number of aliphatic hydroxyl groups is 1. The van der Waals surface area contributed by atoms with Crippen LogP contribution in [-0.2, 0) is 24.1 Å². The quantitative estimate of drug-likeness (QED) is 0.230. The van der Waals surface area contributed by atoms with Crippen LogP contribution in [0.1, 0.15) is 22.5 Å². The number of fused-ring (bicyclic) bond motifs is 1. The van der Waals surface area contributed by atoms with Crippen LogP contribution in [0.5, 0.6) is 0 Å². The summed E-state index contributed by atoms with van der Waals surface area (Å²) in [5.41, 5.74) is 3.72. The summed E-state index contributed by atoms with van der Waals surface area (Å²) >= 11 is 0. The Kier molecular flexibility index (Phi) is 8.22. The SMILES string of the molecule is Cc1cc(C)c(/C=C2\C(=O)N(C(=O)OCC(O)COS(=O)(=O)[O-])c3ccccc32)[nH]1.[Na+]. The number of nitrogens with zero attached hydrogens (tertiary/aromatic N) is 1. The van der Waals surface area contributed by atoms with Crippen molar-refractivity contribution in [1.82, 2.24) is 4.98 Å². The second-order valence-electron chi connectivity index (χ2n) is 6.69. The van der Waals surface area contributed by atoms with Crippen LogP contribution in [0.25, 0.3) is 11.6 Å². The molecule has 2 aromatic rings. The first-order valence-corrected chi connectivity index (χ1v) is 10.2. The fourth-order valence-electron chi connectivity index (χ4n) is 3.05. The van der Waals surface area contributed by atoms with Gasteiger partial charge in [-0.1, -0.05) is 18.2 Å². The molecule has 0 spiro atoms. The Hall–Kier alpha value is -1.99. The van der Waals surface area contributed by atoms with Crippen molar-refractivity contribution in [2.45, 2.75) is 20.0 Å². The van der Waals surface area contributed by atoms with E-state index < -0.39 is 41.7 Å². The number of ether oxygens (including phenoxy) is 1. The molecule has 31 heavy (non-hydrogen) atoms. The third-order valence-corrected chi connectivity index (χ3v) is 4.76. The van der Waals surface area contributed by atoms with E-state index in [9.17, 15) is 27.7 Å². The number of H-pyrrole nitrogens is 1. The molecule has 1 aliphatic rings. The van der Waals surface area contributed by atoms with Gasteiger partial charge in [-0.15, -0.1) is 0 Å². The molecule has 2 N–H and O–H groups in total. The van der Waals surface area contributed by atoms with Gasteiger partial charge in [-0.2, -0.15) is 0 Å². The molecule has 0 saturated heterocycles. The number of imide groups is 1. The maximum Gasteiger partial charge on any atom is 1.00 e. The van der Waals surface area contributed by atoms with Crippen molar-refractivity contribution < 1.29 is 66.1 Å². The molecule has 3 rings (SSSR count). The van der Waals surface area contributed by atoms with Gasteiger partial charge in [0.05, 0.1) is 17.9 Å². The van der Waals surface area contributed by atoms with Gasteiger partial charge in [0, 0.05) is 17.0 Å². The van der Waals surface area contributed by atoms with E-state index in [1.165, 1.54) is 0 Å². The topological polar surface area (TPSA) is 149 Å². The van der Waals surface area contributed by atoms with Crippen LogP contribution in [0, 0.1) is 13.8 Å². The first kappa shape index (κ1) is 25.3. The number of amides is 2. The zero-order valence-corrected chi connectivity index (χ0v) is 19.9. The Morgan fingerprint density at radius 1 is 1.29 bits per heavy atom. The molecule has 1 aromatic heterocycles. The van der Waals surface area contributed by atoms with Crippen LogP contribution in [0.3, 0.4) is 0 Å². The number of aromatic nitrogens is 1. The van der Waals surface area contributed by atoms with Gasteiger partial charge in [0.25, 0.3) is 5.91 Å². The number of hydrogen-bond donors (Lipinski definition) is 2. The third-order valence-electron chi connectivity index (χ3n) is 4.33. The second kappa shape index (κ2) is 10.1. The predicted molar refractivity (Wildman–Crippen MR) is 105 cm³/mol. The Labute approximate surface area is 201 Å². The summed E-state index contributed by atoms with van der Waals surface area (Å²) in [6.07, 6.45) is -0.970. The molecule has 0 radical (unpaired) electrons. The molecular formula is C19H19N2NaO8S. The number of aromatic amines is 1. The number of para-hydroxylation sites is 1. The Bertz CT molecular complexity index is 1130. The summed E-state index contributed by atoms with van der Waals surface area (Å²) in [7, 11) is -4.99. The van der Waals surface area contributed by atoms with Crippen LogP contribution in [0.15, 0.2) is 30.3 Å². The molecule has 1 aromatic carbocycles. The number of hydrogen-bond acceptors (Lipinski definition) is 8. The van der Waals surface area contributed by atoms with Gasteiger partial charge in [0.2, 0.25) is 10.4 Å². The maximum absolute atomic E-state index is 13.0. The van der Waals surface area contributed by atoms with Gasteiger partial charge < -0.3 is 19.4 Å². The molecule has 0 aliphatic carbocycles. The Balaban J connectivity index is 0.00000341. The summed E-state index contributed by atoms with van der Waals surface area (Å²) in [5.74, 6) is -0.610. The van der Waals surface area contributed by atoms with Gasteiger partial charge in [0.15, 0.2) is 0 Å². The first-order valence-electron chi connectivity index (χ1n) is 8.83. The second-order valence-corrected chi connectivity index (χ2v) is 7.74. The molecule has 10 nitrogen and oxygen atoms in total. The molecule has 160 valence electrons. The van der Waals surface area contributed by atoms with Crippen LogP contribution in [0.2, 0.25) is 0 Å². The average molecular weight is 458 g/mol. The number of carbonyl (C=O) groups excluding carboxylic acids is 2. The molecule has 1 unspecified atom stereocenters. The van der Waals surface area contributed by atoms with Crippen LogP contribution in [-0.4, -0.2) is 54.4 Å². The van der Waals surface area contributed by atoms with E-state index in [0.717, 1.165) is 21.9 Å². The molecule has 1 aliphatic heterocycles. The van der Waals surface area contributed by atoms with E-state index in [-0.39, 0.29) is 35.1 Å². The number of aliphatic hydroxyl groups excluding tert-OH is 1. The first-order chi connectivity index (χ1) is 14.1. The standard InChI is InChI=1S/C19H20N2O8S.Na/c1-11-7-12(2)20-16(11)8-15-14-5-3-4-6-17(14)21(18(15)23)19(24)28-9-13(22)10-29-30(25,26)27;/h3-8,13,20,22H,9-10H2,1-2H3,(H,25,26,27);/q;+1/p-1/b15-8-;. The summed E-state index contributed by atoms with van der Waals surface area (Å²) < 4.78 is 40.1. The van der Waals surface area contributed by atoms with Crippen molar-refractivity contribution in [3.8, 4) is 0 Å². The van der Waals surface area contributed by atoms with E-state index in [4.69, 9.17) is 4.74 Å². The number of nitrogens with one attached hydrogen (secondary N) is 1. The van der Waals surface area contributed by atoms with Crippen molar-refractivity contribution in [1.29, 1.82) is 0 Å².